The van der Waals surface area contributed by atoms with Crippen LogP contribution in [-0.4, -0.2) is 20.6 Å². The quantitative estimate of drug-likeness (QED) is 0.328. The highest BCUT2D eigenvalue weighted by Gasteiger charge is 2.36. The summed E-state index contributed by atoms with van der Waals surface area (Å²) in [7, 11) is 0. The number of nitro benzene ring substituents is 1. The zero-order chi connectivity index (χ0) is 21.4. The fourth-order valence-corrected chi connectivity index (χ4v) is 4.32. The average molecular weight is 419 g/mol. The fraction of sp³-hybridized carbons (Fsp3) is 0.0909. The van der Waals surface area contributed by atoms with Crippen molar-refractivity contribution >= 4 is 40.4 Å². The van der Waals surface area contributed by atoms with Gasteiger partial charge in [-0.1, -0.05) is 24.3 Å². The van der Waals surface area contributed by atoms with Crippen molar-refractivity contribution in [2.24, 2.45) is 0 Å². The number of hydrogen-bond donors (Lipinski definition) is 0. The van der Waals surface area contributed by atoms with Gasteiger partial charge in [0.05, 0.1) is 21.2 Å². The Balaban J connectivity index is 1.71. The Bertz CT molecular complexity index is 1210. The van der Waals surface area contributed by atoms with Crippen molar-refractivity contribution in [3.8, 4) is 5.69 Å². The number of nitrogens with zero attached hydrogens (tertiary/aromatic N) is 3. The van der Waals surface area contributed by atoms with Crippen molar-refractivity contribution in [3.63, 3.8) is 0 Å². The number of nitro groups is 1. The van der Waals surface area contributed by atoms with Gasteiger partial charge in [-0.25, -0.2) is 4.90 Å². The Morgan fingerprint density at radius 2 is 1.67 bits per heavy atom. The smallest absolute Gasteiger partial charge is 0.298 e. The first-order chi connectivity index (χ1) is 14.4. The lowest BCUT2D eigenvalue weighted by Gasteiger charge is -2.11. The van der Waals surface area contributed by atoms with Crippen molar-refractivity contribution in [2.75, 3.05) is 4.90 Å². The molecule has 0 N–H and O–H groups in total. The van der Waals surface area contributed by atoms with Crippen molar-refractivity contribution in [2.45, 2.75) is 13.8 Å². The van der Waals surface area contributed by atoms with E-state index in [2.05, 4.69) is 0 Å². The Labute approximate surface area is 176 Å². The summed E-state index contributed by atoms with van der Waals surface area (Å²) in [5.74, 6) is -0.364. The van der Waals surface area contributed by atoms with E-state index in [1.165, 1.54) is 12.1 Å². The van der Waals surface area contributed by atoms with Crippen molar-refractivity contribution in [1.82, 2.24) is 4.57 Å². The minimum Gasteiger partial charge on any atom is -0.318 e. The molecule has 1 saturated heterocycles. The van der Waals surface area contributed by atoms with Crippen LogP contribution in [0.15, 0.2) is 65.6 Å². The molecule has 7 nitrogen and oxygen atoms in total. The fourth-order valence-electron chi connectivity index (χ4n) is 3.49. The molecular formula is C22H17N3O4S. The van der Waals surface area contributed by atoms with Gasteiger partial charge in [0.1, 0.15) is 0 Å². The molecule has 0 saturated carbocycles. The van der Waals surface area contributed by atoms with Crippen LogP contribution in [0, 0.1) is 24.0 Å². The van der Waals surface area contributed by atoms with Gasteiger partial charge >= 0.3 is 0 Å². The summed E-state index contributed by atoms with van der Waals surface area (Å²) in [6, 6.07) is 17.1. The van der Waals surface area contributed by atoms with E-state index in [9.17, 15) is 19.7 Å². The van der Waals surface area contributed by atoms with Gasteiger partial charge < -0.3 is 4.57 Å². The third-order valence-electron chi connectivity index (χ3n) is 4.86. The number of para-hydroxylation sites is 1. The zero-order valence-corrected chi connectivity index (χ0v) is 17.1. The van der Waals surface area contributed by atoms with Gasteiger partial charge in [-0.3, -0.25) is 19.7 Å². The second kappa shape index (κ2) is 7.64. The van der Waals surface area contributed by atoms with Crippen LogP contribution in [0.1, 0.15) is 17.0 Å². The molecule has 30 heavy (non-hydrogen) atoms. The van der Waals surface area contributed by atoms with Crippen LogP contribution in [0.4, 0.5) is 16.2 Å². The summed E-state index contributed by atoms with van der Waals surface area (Å²) < 4.78 is 1.89. The summed E-state index contributed by atoms with van der Waals surface area (Å²) in [6.45, 7) is 3.76. The number of non-ortho nitro benzene ring substituents is 1. The molecule has 0 bridgehead atoms. The third-order valence-corrected chi connectivity index (χ3v) is 5.73. The molecule has 4 rings (SSSR count). The maximum Gasteiger partial charge on any atom is 0.298 e. The summed E-state index contributed by atoms with van der Waals surface area (Å²) >= 11 is 0.897. The zero-order valence-electron chi connectivity index (χ0n) is 16.2. The number of carbonyl (C=O) groups excluding carboxylic acids is 2. The highest BCUT2D eigenvalue weighted by atomic mass is 32.2. The van der Waals surface area contributed by atoms with Gasteiger partial charge in [0, 0.05) is 23.5 Å². The first-order valence-electron chi connectivity index (χ1n) is 9.13. The van der Waals surface area contributed by atoms with Gasteiger partial charge in [0.15, 0.2) is 0 Å². The molecule has 0 spiro atoms. The predicted molar refractivity (Wildman–Crippen MR) is 117 cm³/mol. The molecule has 0 unspecified atom stereocenters. The molecule has 2 amide bonds. The van der Waals surface area contributed by atoms with Crippen LogP contribution in [-0.2, 0) is 4.79 Å². The molecule has 3 aromatic rings. The number of hydrogen-bond acceptors (Lipinski definition) is 5. The average Bonchev–Trinajstić information content (AvgIpc) is 3.17. The summed E-state index contributed by atoms with van der Waals surface area (Å²) in [4.78, 5) is 37.5. The van der Waals surface area contributed by atoms with Crippen LogP contribution in [0.5, 0.6) is 0 Å². The number of aryl methyl sites for hydroxylation is 1. The van der Waals surface area contributed by atoms with Crippen molar-refractivity contribution in [3.05, 3.63) is 92.6 Å². The van der Waals surface area contributed by atoms with E-state index < -0.39 is 4.92 Å². The lowest BCUT2D eigenvalue weighted by Crippen LogP contribution is -2.27. The van der Waals surface area contributed by atoms with E-state index in [1.54, 1.807) is 42.5 Å². The van der Waals surface area contributed by atoms with Crippen LogP contribution in [0.2, 0.25) is 0 Å². The number of carbonyl (C=O) groups is 2. The Morgan fingerprint density at radius 1 is 0.967 bits per heavy atom. The molecule has 2 aromatic carbocycles. The van der Waals surface area contributed by atoms with Gasteiger partial charge in [0.2, 0.25) is 0 Å². The number of benzene rings is 2. The van der Waals surface area contributed by atoms with Gasteiger partial charge in [-0.05, 0) is 61.5 Å². The van der Waals surface area contributed by atoms with Gasteiger partial charge in [0.25, 0.3) is 16.8 Å². The Hall–Kier alpha value is -3.65. The predicted octanol–water partition coefficient (Wildman–Crippen LogP) is 5.24. The highest BCUT2D eigenvalue weighted by Crippen LogP contribution is 2.36. The van der Waals surface area contributed by atoms with Crippen molar-refractivity contribution in [1.29, 1.82) is 0 Å². The van der Waals surface area contributed by atoms with Gasteiger partial charge in [-0.15, -0.1) is 0 Å². The summed E-state index contributed by atoms with van der Waals surface area (Å²) in [5, 5.41) is 10.8. The number of aromatic nitrogens is 1. The number of thioether (sulfide) groups is 1. The number of imide groups is 1. The van der Waals surface area contributed by atoms with Crippen LogP contribution in [0.3, 0.4) is 0 Å². The van der Waals surface area contributed by atoms with Crippen molar-refractivity contribution < 1.29 is 14.5 Å². The first kappa shape index (κ1) is 19.7. The second-order valence-corrected chi connectivity index (χ2v) is 7.78. The molecule has 1 aromatic heterocycles. The van der Waals surface area contributed by atoms with Gasteiger partial charge in [-0.2, -0.15) is 0 Å². The van der Waals surface area contributed by atoms with E-state index in [0.717, 1.165) is 33.6 Å². The molecule has 1 fully saturated rings. The van der Waals surface area contributed by atoms with E-state index in [0.29, 0.717) is 16.3 Å². The standard InChI is InChI=1S/C22H17N3O4S/c1-14-11-16(15(2)23(14)18-9-6-10-19(13-18)25(28)29)12-20-21(26)24(22(27)30-20)17-7-4-3-5-8-17/h3-13H,1-2H3/b20-12+. The maximum atomic E-state index is 12.8. The number of rotatable bonds is 4. The molecule has 0 aliphatic carbocycles. The molecule has 2 heterocycles. The number of anilines is 1. The monoisotopic (exact) mass is 419 g/mol. The molecule has 0 radical (unpaired) electrons. The Morgan fingerprint density at radius 3 is 2.37 bits per heavy atom. The minimum absolute atomic E-state index is 0.00512. The maximum absolute atomic E-state index is 12.8. The van der Waals surface area contributed by atoms with E-state index >= 15 is 0 Å². The minimum atomic E-state index is -0.432. The molecular weight excluding hydrogens is 402 g/mol. The molecule has 150 valence electrons. The second-order valence-electron chi connectivity index (χ2n) is 6.79. The number of amides is 2. The van der Waals surface area contributed by atoms with E-state index in [1.807, 2.05) is 30.5 Å². The van der Waals surface area contributed by atoms with Crippen LogP contribution >= 0.6 is 11.8 Å². The topological polar surface area (TPSA) is 85.5 Å². The molecule has 0 atom stereocenters. The van der Waals surface area contributed by atoms with E-state index in [-0.39, 0.29) is 16.8 Å². The molecule has 1 aliphatic rings. The van der Waals surface area contributed by atoms with Crippen LogP contribution in [0.25, 0.3) is 11.8 Å². The third kappa shape index (κ3) is 3.42. The van der Waals surface area contributed by atoms with Crippen LogP contribution < -0.4 is 4.90 Å². The molecule has 8 heteroatoms. The molecule has 1 aliphatic heterocycles. The SMILES string of the molecule is Cc1cc(/C=C2/SC(=O)N(c3ccccc3)C2=O)c(C)n1-c1cccc([N+](=O)[O-])c1. The largest absolute Gasteiger partial charge is 0.318 e. The normalized spacial score (nSPS) is 15.3. The Kier molecular flexibility index (Phi) is 5.01. The summed E-state index contributed by atoms with van der Waals surface area (Å²) in [6.07, 6.45) is 1.70. The lowest BCUT2D eigenvalue weighted by atomic mass is 10.2. The lowest BCUT2D eigenvalue weighted by molar-refractivity contribution is -0.384. The highest BCUT2D eigenvalue weighted by molar-refractivity contribution is 8.19. The summed E-state index contributed by atoms with van der Waals surface area (Å²) in [5.41, 5.74) is 3.66. The first-order valence-corrected chi connectivity index (χ1v) is 9.95. The van der Waals surface area contributed by atoms with E-state index in [4.69, 9.17) is 0 Å².